The quantitative estimate of drug-likeness (QED) is 0.437. The van der Waals surface area contributed by atoms with Gasteiger partial charge in [-0.05, 0) is 87.0 Å². The van der Waals surface area contributed by atoms with Crippen LogP contribution in [0.1, 0.15) is 51.0 Å². The van der Waals surface area contributed by atoms with Crippen molar-refractivity contribution in [2.24, 2.45) is 44.8 Å². The molecule has 0 saturated heterocycles. The highest BCUT2D eigenvalue weighted by atomic mass is 16.5. The van der Waals surface area contributed by atoms with Crippen molar-refractivity contribution < 1.29 is 9.47 Å². The molecule has 0 unspecified atom stereocenters. The Bertz CT molecular complexity index is 704. The molecule has 0 atom stereocenters. The molecule has 4 fully saturated rings. The maximum absolute atomic E-state index is 6.34. The van der Waals surface area contributed by atoms with E-state index in [0.29, 0.717) is 12.0 Å². The summed E-state index contributed by atoms with van der Waals surface area (Å²) in [6, 6.07) is 5.83. The number of nitrogens with two attached hydrogens (primary N) is 2. The van der Waals surface area contributed by atoms with Crippen LogP contribution in [0.2, 0.25) is 0 Å². The summed E-state index contributed by atoms with van der Waals surface area (Å²) in [5.41, 5.74) is 11.8. The predicted octanol–water partition coefficient (Wildman–Crippen LogP) is 3.29. The largest absolute Gasteiger partial charge is 0.490 e. The molecule has 6 nitrogen and oxygen atoms in total. The van der Waals surface area contributed by atoms with E-state index in [4.69, 9.17) is 20.9 Å². The van der Waals surface area contributed by atoms with E-state index >= 15 is 0 Å². The van der Waals surface area contributed by atoms with E-state index in [1.54, 1.807) is 6.21 Å². The smallest absolute Gasteiger partial charge is 0.211 e. The Morgan fingerprint density at radius 1 is 1.07 bits per heavy atom. The molecule has 0 aromatic heterocycles. The van der Waals surface area contributed by atoms with Gasteiger partial charge < -0.3 is 20.9 Å². The second-order valence-electron chi connectivity index (χ2n) is 8.61. The zero-order valence-electron chi connectivity index (χ0n) is 16.1. The topological polar surface area (TPSA) is 95.2 Å². The SMILES string of the molecule is CCOc1cc(/C=N\N=C(N)N)ccc1OCC12CC3CC(CC(C3)C1)C2. The van der Waals surface area contributed by atoms with Crippen molar-refractivity contribution >= 4 is 12.2 Å². The second-order valence-corrected chi connectivity index (χ2v) is 8.61. The Morgan fingerprint density at radius 2 is 1.74 bits per heavy atom. The molecule has 0 amide bonds. The van der Waals surface area contributed by atoms with Gasteiger partial charge in [0.05, 0.1) is 19.4 Å². The molecule has 6 heteroatoms. The fourth-order valence-electron chi connectivity index (χ4n) is 5.85. The van der Waals surface area contributed by atoms with Crippen molar-refractivity contribution in [1.82, 2.24) is 0 Å². The number of ether oxygens (including phenoxy) is 2. The molecule has 1 aromatic carbocycles. The van der Waals surface area contributed by atoms with E-state index in [1.807, 2.05) is 25.1 Å². The minimum atomic E-state index is -0.0631. The first kappa shape index (κ1) is 18.1. The fourth-order valence-corrected chi connectivity index (χ4v) is 5.85. The maximum Gasteiger partial charge on any atom is 0.211 e. The summed E-state index contributed by atoms with van der Waals surface area (Å²) >= 11 is 0. The molecule has 146 valence electrons. The number of guanidine groups is 1. The van der Waals surface area contributed by atoms with Crippen LogP contribution in [0.5, 0.6) is 11.5 Å². The fraction of sp³-hybridized carbons (Fsp3) is 0.619. The van der Waals surface area contributed by atoms with Crippen LogP contribution < -0.4 is 20.9 Å². The van der Waals surface area contributed by atoms with Crippen LogP contribution in [-0.4, -0.2) is 25.4 Å². The molecule has 0 aliphatic heterocycles. The Hall–Kier alpha value is -2.24. The first-order chi connectivity index (χ1) is 13.0. The molecular weight excluding hydrogens is 340 g/mol. The highest BCUT2D eigenvalue weighted by Gasteiger charge is 2.51. The summed E-state index contributed by atoms with van der Waals surface area (Å²) < 4.78 is 12.1. The maximum atomic E-state index is 6.34. The van der Waals surface area contributed by atoms with E-state index in [1.165, 1.54) is 38.5 Å². The summed E-state index contributed by atoms with van der Waals surface area (Å²) in [5, 5.41) is 7.49. The van der Waals surface area contributed by atoms with Gasteiger partial charge in [-0.2, -0.15) is 5.10 Å². The van der Waals surface area contributed by atoms with E-state index in [0.717, 1.165) is 41.4 Å². The van der Waals surface area contributed by atoms with Crippen LogP contribution in [0, 0.1) is 23.2 Å². The molecule has 4 aliphatic rings. The monoisotopic (exact) mass is 370 g/mol. The summed E-state index contributed by atoms with van der Waals surface area (Å²) in [6.45, 7) is 3.36. The lowest BCUT2D eigenvalue weighted by molar-refractivity contribution is -0.0748. The van der Waals surface area contributed by atoms with Crippen LogP contribution in [0.4, 0.5) is 0 Å². The molecule has 0 spiro atoms. The Labute approximate surface area is 161 Å². The van der Waals surface area contributed by atoms with Crippen molar-refractivity contribution in [3.8, 4) is 11.5 Å². The van der Waals surface area contributed by atoms with Gasteiger partial charge in [0.1, 0.15) is 0 Å². The van der Waals surface area contributed by atoms with Crippen molar-refractivity contribution in [2.75, 3.05) is 13.2 Å². The van der Waals surface area contributed by atoms with Crippen LogP contribution in [0.15, 0.2) is 28.4 Å². The molecule has 4 aliphatic carbocycles. The van der Waals surface area contributed by atoms with E-state index in [-0.39, 0.29) is 5.96 Å². The molecule has 5 rings (SSSR count). The highest BCUT2D eigenvalue weighted by molar-refractivity contribution is 5.82. The van der Waals surface area contributed by atoms with E-state index in [9.17, 15) is 0 Å². The molecule has 27 heavy (non-hydrogen) atoms. The number of benzene rings is 1. The summed E-state index contributed by atoms with van der Waals surface area (Å²) in [6.07, 6.45) is 9.98. The minimum Gasteiger partial charge on any atom is -0.490 e. The first-order valence-corrected chi connectivity index (χ1v) is 10.1. The van der Waals surface area contributed by atoms with Gasteiger partial charge in [0, 0.05) is 5.41 Å². The Balaban J connectivity index is 1.46. The van der Waals surface area contributed by atoms with Crippen LogP contribution >= 0.6 is 0 Å². The molecule has 4 bridgehead atoms. The minimum absolute atomic E-state index is 0.0631. The van der Waals surface area contributed by atoms with E-state index in [2.05, 4.69) is 10.2 Å². The molecule has 0 heterocycles. The standard InChI is InChI=1S/C21H30N4O2/c1-2-26-19-8-14(12-24-25-20(22)23)3-4-18(19)27-13-21-9-15-5-16(10-21)7-17(6-15)11-21/h3-4,8,12,15-17H,2,5-7,9-11,13H2,1H3,(H4,22,23,25)/b24-12-. The third-order valence-electron chi connectivity index (χ3n) is 6.35. The van der Waals surface area contributed by atoms with Crippen molar-refractivity contribution in [3.05, 3.63) is 23.8 Å². The number of hydrogen-bond donors (Lipinski definition) is 2. The second kappa shape index (κ2) is 7.41. The number of rotatable bonds is 7. The first-order valence-electron chi connectivity index (χ1n) is 10.1. The third kappa shape index (κ3) is 4.04. The van der Waals surface area contributed by atoms with Gasteiger partial charge in [-0.15, -0.1) is 5.10 Å². The summed E-state index contributed by atoms with van der Waals surface area (Å²) in [4.78, 5) is 0. The Kier molecular flexibility index (Phi) is 4.98. The lowest BCUT2D eigenvalue weighted by Crippen LogP contribution is -2.48. The predicted molar refractivity (Wildman–Crippen MR) is 107 cm³/mol. The Morgan fingerprint density at radius 3 is 2.33 bits per heavy atom. The molecule has 4 saturated carbocycles. The zero-order chi connectivity index (χ0) is 18.9. The average molecular weight is 370 g/mol. The van der Waals surface area contributed by atoms with Crippen LogP contribution in [0.25, 0.3) is 0 Å². The zero-order valence-corrected chi connectivity index (χ0v) is 16.1. The van der Waals surface area contributed by atoms with E-state index < -0.39 is 0 Å². The van der Waals surface area contributed by atoms with Gasteiger partial charge in [-0.25, -0.2) is 0 Å². The van der Waals surface area contributed by atoms with Crippen molar-refractivity contribution in [1.29, 1.82) is 0 Å². The summed E-state index contributed by atoms with van der Waals surface area (Å²) in [5.74, 6) is 4.29. The van der Waals surface area contributed by atoms with Gasteiger partial charge in [0.25, 0.3) is 0 Å². The lowest BCUT2D eigenvalue weighted by atomic mass is 9.50. The van der Waals surface area contributed by atoms with Crippen LogP contribution in [-0.2, 0) is 0 Å². The number of nitrogens with zero attached hydrogens (tertiary/aromatic N) is 2. The van der Waals surface area contributed by atoms with Gasteiger partial charge in [-0.3, -0.25) is 0 Å². The van der Waals surface area contributed by atoms with Crippen molar-refractivity contribution in [2.45, 2.75) is 45.4 Å². The van der Waals surface area contributed by atoms with Gasteiger partial charge >= 0.3 is 0 Å². The van der Waals surface area contributed by atoms with Crippen molar-refractivity contribution in [3.63, 3.8) is 0 Å². The normalized spacial score (nSPS) is 31.2. The molecule has 0 radical (unpaired) electrons. The summed E-state index contributed by atoms with van der Waals surface area (Å²) in [7, 11) is 0. The third-order valence-corrected chi connectivity index (χ3v) is 6.35. The lowest BCUT2D eigenvalue weighted by Gasteiger charge is -2.56. The number of hydrogen-bond acceptors (Lipinski definition) is 4. The molecule has 4 N–H and O–H groups in total. The highest BCUT2D eigenvalue weighted by Crippen LogP contribution is 2.60. The average Bonchev–Trinajstić information content (AvgIpc) is 2.60. The van der Waals surface area contributed by atoms with Gasteiger partial charge in [-0.1, -0.05) is 0 Å². The van der Waals surface area contributed by atoms with Crippen LogP contribution in [0.3, 0.4) is 0 Å². The molecular formula is C21H30N4O2. The molecule has 1 aromatic rings. The van der Waals surface area contributed by atoms with Gasteiger partial charge in [0.2, 0.25) is 5.96 Å². The van der Waals surface area contributed by atoms with Gasteiger partial charge in [0.15, 0.2) is 11.5 Å².